The van der Waals surface area contributed by atoms with Gasteiger partial charge in [-0.3, -0.25) is 4.79 Å². The number of halogens is 1. The Morgan fingerprint density at radius 3 is 2.76 bits per heavy atom. The molecule has 174 valence electrons. The molecule has 0 radical (unpaired) electrons. The SMILES string of the molecule is C=C/C(=C\C=C(/C)C(=O)NCCc1ccc2c(c1)OCCO2)Nc1nccc2ccc(Cl)cc12. The summed E-state index contributed by atoms with van der Waals surface area (Å²) in [6.45, 7) is 7.26. The molecule has 2 heterocycles. The van der Waals surface area contributed by atoms with E-state index in [2.05, 4.69) is 22.2 Å². The maximum Gasteiger partial charge on any atom is 0.246 e. The molecule has 0 saturated carbocycles. The topological polar surface area (TPSA) is 72.5 Å². The molecule has 0 bridgehead atoms. The highest BCUT2D eigenvalue weighted by atomic mass is 35.5. The van der Waals surface area contributed by atoms with E-state index < -0.39 is 0 Å². The molecule has 34 heavy (non-hydrogen) atoms. The lowest BCUT2D eigenvalue weighted by Crippen LogP contribution is -2.26. The van der Waals surface area contributed by atoms with Crippen molar-refractivity contribution in [3.05, 3.63) is 95.3 Å². The van der Waals surface area contributed by atoms with E-state index in [-0.39, 0.29) is 5.91 Å². The Morgan fingerprint density at radius 1 is 1.12 bits per heavy atom. The fourth-order valence-corrected chi connectivity index (χ4v) is 3.70. The van der Waals surface area contributed by atoms with E-state index in [1.807, 2.05) is 42.5 Å². The van der Waals surface area contributed by atoms with E-state index in [9.17, 15) is 4.79 Å². The molecular formula is C27H26ClN3O3. The molecule has 7 heteroatoms. The Labute approximate surface area is 203 Å². The predicted molar refractivity (Wildman–Crippen MR) is 137 cm³/mol. The maximum absolute atomic E-state index is 12.5. The molecular weight excluding hydrogens is 450 g/mol. The zero-order valence-corrected chi connectivity index (χ0v) is 19.7. The Bertz CT molecular complexity index is 1280. The minimum atomic E-state index is -0.132. The Balaban J connectivity index is 1.36. The molecule has 0 spiro atoms. The number of nitrogens with one attached hydrogen (secondary N) is 2. The third kappa shape index (κ3) is 5.77. The molecule has 1 aliphatic rings. The van der Waals surface area contributed by atoms with Crippen LogP contribution in [0.2, 0.25) is 5.02 Å². The van der Waals surface area contributed by atoms with Crippen molar-refractivity contribution in [3.8, 4) is 11.5 Å². The largest absolute Gasteiger partial charge is 0.486 e. The van der Waals surface area contributed by atoms with Crippen molar-refractivity contribution in [1.82, 2.24) is 10.3 Å². The van der Waals surface area contributed by atoms with Gasteiger partial charge in [-0.25, -0.2) is 4.98 Å². The van der Waals surface area contributed by atoms with Crippen LogP contribution < -0.4 is 20.1 Å². The molecule has 0 fully saturated rings. The number of hydrogen-bond donors (Lipinski definition) is 2. The van der Waals surface area contributed by atoms with Crippen LogP contribution in [-0.2, 0) is 11.2 Å². The number of ether oxygens (including phenoxy) is 2. The number of aromatic nitrogens is 1. The Hall–Kier alpha value is -3.77. The molecule has 0 aliphatic carbocycles. The molecule has 0 atom stereocenters. The van der Waals surface area contributed by atoms with Gasteiger partial charge < -0.3 is 20.1 Å². The fraction of sp³-hybridized carbons (Fsp3) is 0.185. The first-order valence-electron chi connectivity index (χ1n) is 11.0. The number of allylic oxidation sites excluding steroid dienone is 3. The van der Waals surface area contributed by atoms with Gasteiger partial charge in [-0.2, -0.15) is 0 Å². The summed E-state index contributed by atoms with van der Waals surface area (Å²) in [5.41, 5.74) is 2.37. The van der Waals surface area contributed by atoms with Gasteiger partial charge in [-0.05, 0) is 66.8 Å². The van der Waals surface area contributed by atoms with Crippen molar-refractivity contribution in [2.45, 2.75) is 13.3 Å². The zero-order valence-electron chi connectivity index (χ0n) is 18.9. The summed E-state index contributed by atoms with van der Waals surface area (Å²) < 4.78 is 11.2. The van der Waals surface area contributed by atoms with Gasteiger partial charge in [0.2, 0.25) is 5.91 Å². The standard InChI is InChI=1S/C27H26ClN3O3/c1-3-22(31-26-23-17-21(28)7-6-20(23)11-13-29-26)8-4-18(2)27(32)30-12-10-19-5-9-24-25(16-19)34-15-14-33-24/h3-9,11,13,16-17H,1,10,12,14-15H2,2H3,(H,29,31)(H,30,32)/b18-4+,22-8+. The normalized spacial score (nSPS) is 13.5. The van der Waals surface area contributed by atoms with Crippen molar-refractivity contribution in [3.63, 3.8) is 0 Å². The number of pyridine rings is 1. The number of rotatable bonds is 8. The monoisotopic (exact) mass is 475 g/mol. The Kier molecular flexibility index (Phi) is 7.50. The summed E-state index contributed by atoms with van der Waals surface area (Å²) in [6, 6.07) is 13.4. The molecule has 3 aromatic rings. The van der Waals surface area contributed by atoms with Gasteiger partial charge in [0.1, 0.15) is 19.0 Å². The Morgan fingerprint density at radius 2 is 1.94 bits per heavy atom. The first kappa shape index (κ1) is 23.4. The van der Waals surface area contributed by atoms with Gasteiger partial charge in [-0.1, -0.05) is 36.4 Å². The van der Waals surface area contributed by atoms with E-state index in [0.29, 0.717) is 48.3 Å². The van der Waals surface area contributed by atoms with Gasteiger partial charge in [0.05, 0.1) is 0 Å². The van der Waals surface area contributed by atoms with Crippen LogP contribution in [0.25, 0.3) is 10.8 Å². The van der Waals surface area contributed by atoms with Crippen molar-refractivity contribution in [1.29, 1.82) is 0 Å². The van der Waals surface area contributed by atoms with Crippen molar-refractivity contribution >= 4 is 34.1 Å². The molecule has 2 N–H and O–H groups in total. The highest BCUT2D eigenvalue weighted by Gasteiger charge is 2.12. The van der Waals surface area contributed by atoms with Crippen LogP contribution in [0.4, 0.5) is 5.82 Å². The molecule has 6 nitrogen and oxygen atoms in total. The third-order valence-electron chi connectivity index (χ3n) is 5.39. The second kappa shape index (κ2) is 10.9. The van der Waals surface area contributed by atoms with Gasteiger partial charge in [0, 0.05) is 34.4 Å². The summed E-state index contributed by atoms with van der Waals surface area (Å²) >= 11 is 6.15. The van der Waals surface area contributed by atoms with Crippen molar-refractivity contribution in [2.75, 3.05) is 25.1 Å². The number of amides is 1. The summed E-state index contributed by atoms with van der Waals surface area (Å²) in [7, 11) is 0. The van der Waals surface area contributed by atoms with Crippen LogP contribution in [0.15, 0.2) is 84.7 Å². The zero-order chi connectivity index (χ0) is 23.9. The quantitative estimate of drug-likeness (QED) is 0.335. The molecule has 0 saturated heterocycles. The summed E-state index contributed by atoms with van der Waals surface area (Å²) in [4.78, 5) is 16.9. The van der Waals surface area contributed by atoms with Crippen molar-refractivity contribution in [2.24, 2.45) is 0 Å². The number of hydrogen-bond acceptors (Lipinski definition) is 5. The first-order valence-corrected chi connectivity index (χ1v) is 11.4. The molecule has 1 aromatic heterocycles. The molecule has 4 rings (SSSR count). The fourth-order valence-electron chi connectivity index (χ4n) is 3.53. The molecule has 0 unspecified atom stereocenters. The molecule has 1 aliphatic heterocycles. The van der Waals surface area contributed by atoms with E-state index >= 15 is 0 Å². The number of carbonyl (C=O) groups is 1. The smallest absolute Gasteiger partial charge is 0.246 e. The average molecular weight is 476 g/mol. The lowest BCUT2D eigenvalue weighted by molar-refractivity contribution is -0.117. The summed E-state index contributed by atoms with van der Waals surface area (Å²) in [6.07, 6.45) is 7.65. The number of fused-ring (bicyclic) bond motifs is 2. The second-order valence-electron chi connectivity index (χ2n) is 7.81. The van der Waals surface area contributed by atoms with Gasteiger partial charge in [-0.15, -0.1) is 0 Å². The van der Waals surface area contributed by atoms with Gasteiger partial charge >= 0.3 is 0 Å². The third-order valence-corrected chi connectivity index (χ3v) is 5.62. The minimum absolute atomic E-state index is 0.132. The van der Waals surface area contributed by atoms with E-state index in [1.165, 1.54) is 0 Å². The number of carbonyl (C=O) groups excluding carboxylic acids is 1. The van der Waals surface area contributed by atoms with E-state index in [0.717, 1.165) is 27.8 Å². The van der Waals surface area contributed by atoms with Crippen molar-refractivity contribution < 1.29 is 14.3 Å². The number of anilines is 1. The van der Waals surface area contributed by atoms with Crippen LogP contribution in [-0.4, -0.2) is 30.6 Å². The van der Waals surface area contributed by atoms with Crippen LogP contribution in [0, 0.1) is 0 Å². The van der Waals surface area contributed by atoms with E-state index in [1.54, 1.807) is 31.3 Å². The minimum Gasteiger partial charge on any atom is -0.486 e. The maximum atomic E-state index is 12.5. The lowest BCUT2D eigenvalue weighted by atomic mass is 10.1. The van der Waals surface area contributed by atoms with Crippen LogP contribution >= 0.6 is 11.6 Å². The van der Waals surface area contributed by atoms with Gasteiger partial charge in [0.15, 0.2) is 11.5 Å². The first-order chi connectivity index (χ1) is 16.5. The average Bonchev–Trinajstić information content (AvgIpc) is 2.86. The van der Waals surface area contributed by atoms with Crippen LogP contribution in [0.1, 0.15) is 12.5 Å². The highest BCUT2D eigenvalue weighted by Crippen LogP contribution is 2.30. The van der Waals surface area contributed by atoms with E-state index in [4.69, 9.17) is 21.1 Å². The summed E-state index contributed by atoms with van der Waals surface area (Å²) in [5, 5.41) is 8.77. The predicted octanol–water partition coefficient (Wildman–Crippen LogP) is 5.45. The van der Waals surface area contributed by atoms with Crippen LogP contribution in [0.3, 0.4) is 0 Å². The molecule has 1 amide bonds. The highest BCUT2D eigenvalue weighted by molar-refractivity contribution is 6.31. The number of benzene rings is 2. The number of nitrogens with zero attached hydrogens (tertiary/aromatic N) is 1. The lowest BCUT2D eigenvalue weighted by Gasteiger charge is -2.18. The molecule has 2 aromatic carbocycles. The van der Waals surface area contributed by atoms with Gasteiger partial charge in [0.25, 0.3) is 0 Å². The summed E-state index contributed by atoms with van der Waals surface area (Å²) in [5.74, 6) is 2.05. The second-order valence-corrected chi connectivity index (χ2v) is 8.25. The van der Waals surface area contributed by atoms with Crippen LogP contribution in [0.5, 0.6) is 11.5 Å².